The van der Waals surface area contributed by atoms with Crippen molar-refractivity contribution in [2.45, 2.75) is 19.9 Å². The average molecular weight is 149 g/mol. The number of hydrogen-bond acceptors (Lipinski definition) is 1. The second-order valence-electron chi connectivity index (χ2n) is 2.87. The fourth-order valence-electron chi connectivity index (χ4n) is 1.40. The fraction of sp³-hybridized carbons (Fsp3) is 0.400. The zero-order valence-corrected chi connectivity index (χ0v) is 7.17. The molecule has 60 valence electrons. The lowest BCUT2D eigenvalue weighted by Crippen LogP contribution is -2.23. The molecular weight excluding hydrogens is 134 g/mol. The topological polar surface area (TPSA) is 12.0 Å². The van der Waals surface area contributed by atoms with E-state index < -0.39 is 0 Å². The van der Waals surface area contributed by atoms with Crippen LogP contribution in [-0.4, -0.2) is 6.04 Å². The van der Waals surface area contributed by atoms with Gasteiger partial charge in [-0.15, -0.1) is 6.58 Å². The van der Waals surface area contributed by atoms with E-state index in [0.717, 1.165) is 0 Å². The van der Waals surface area contributed by atoms with Crippen LogP contribution in [0.15, 0.2) is 36.6 Å². The van der Waals surface area contributed by atoms with Crippen molar-refractivity contribution < 1.29 is 0 Å². The summed E-state index contributed by atoms with van der Waals surface area (Å²) in [5.41, 5.74) is 1.38. The van der Waals surface area contributed by atoms with Gasteiger partial charge in [-0.2, -0.15) is 0 Å². The maximum Gasteiger partial charge on any atom is 0.0536 e. The molecule has 11 heavy (non-hydrogen) atoms. The van der Waals surface area contributed by atoms with E-state index in [0.29, 0.717) is 12.0 Å². The van der Waals surface area contributed by atoms with Crippen molar-refractivity contribution in [3.63, 3.8) is 0 Å². The van der Waals surface area contributed by atoms with Crippen LogP contribution in [-0.2, 0) is 0 Å². The molecule has 2 unspecified atom stereocenters. The van der Waals surface area contributed by atoms with Gasteiger partial charge in [0.15, 0.2) is 0 Å². The lowest BCUT2D eigenvalue weighted by molar-refractivity contribution is 0.639. The van der Waals surface area contributed by atoms with Crippen LogP contribution in [0.25, 0.3) is 0 Å². The Morgan fingerprint density at radius 3 is 2.91 bits per heavy atom. The molecule has 0 fully saturated rings. The summed E-state index contributed by atoms with van der Waals surface area (Å²) < 4.78 is 0. The Morgan fingerprint density at radius 1 is 1.64 bits per heavy atom. The highest BCUT2D eigenvalue weighted by Gasteiger charge is 2.21. The van der Waals surface area contributed by atoms with Gasteiger partial charge in [0.25, 0.3) is 0 Å². The van der Waals surface area contributed by atoms with Crippen LogP contribution in [0.3, 0.4) is 0 Å². The second-order valence-corrected chi connectivity index (χ2v) is 2.87. The van der Waals surface area contributed by atoms with Crippen molar-refractivity contribution in [3.05, 3.63) is 36.6 Å². The minimum Gasteiger partial charge on any atom is -0.384 e. The molecule has 1 rings (SSSR count). The fourth-order valence-corrected chi connectivity index (χ4v) is 1.40. The van der Waals surface area contributed by atoms with Crippen molar-refractivity contribution in [2.24, 2.45) is 5.92 Å². The van der Waals surface area contributed by atoms with Gasteiger partial charge in [-0.1, -0.05) is 18.2 Å². The monoisotopic (exact) mass is 149 g/mol. The molecule has 0 radical (unpaired) electrons. The predicted molar refractivity (Wildman–Crippen MR) is 49.2 cm³/mol. The molecule has 0 aromatic rings. The zero-order valence-electron chi connectivity index (χ0n) is 7.17. The summed E-state index contributed by atoms with van der Waals surface area (Å²) >= 11 is 0. The van der Waals surface area contributed by atoms with E-state index in [-0.39, 0.29) is 0 Å². The van der Waals surface area contributed by atoms with Crippen LogP contribution >= 0.6 is 0 Å². The average Bonchev–Trinajstić information content (AvgIpc) is 2.34. The lowest BCUT2D eigenvalue weighted by atomic mass is 9.96. The smallest absolute Gasteiger partial charge is 0.0536 e. The predicted octanol–water partition coefficient (Wildman–Crippen LogP) is 2.24. The van der Waals surface area contributed by atoms with E-state index in [9.17, 15) is 0 Å². The molecule has 1 nitrogen and oxygen atoms in total. The Morgan fingerprint density at radius 2 is 2.36 bits per heavy atom. The summed E-state index contributed by atoms with van der Waals surface area (Å²) in [5, 5.41) is 3.26. The minimum atomic E-state index is 0.395. The van der Waals surface area contributed by atoms with Crippen LogP contribution in [0.4, 0.5) is 0 Å². The molecule has 0 spiro atoms. The number of nitrogens with one attached hydrogen (secondary N) is 1. The highest BCUT2D eigenvalue weighted by Crippen LogP contribution is 2.22. The highest BCUT2D eigenvalue weighted by molar-refractivity contribution is 5.23. The number of allylic oxidation sites excluding steroid dienone is 1. The van der Waals surface area contributed by atoms with Gasteiger partial charge in [0.2, 0.25) is 0 Å². The third-order valence-electron chi connectivity index (χ3n) is 2.07. The standard InChI is InChI=1S/C10H15N/c1-4-6-9-8(3)7-11-10(9)5-2/h4-7,9-11H,2H2,1,3H3/b6-4-. The Labute approximate surface area is 68.5 Å². The molecule has 0 saturated carbocycles. The van der Waals surface area contributed by atoms with Gasteiger partial charge >= 0.3 is 0 Å². The van der Waals surface area contributed by atoms with Gasteiger partial charge in [-0.05, 0) is 25.6 Å². The van der Waals surface area contributed by atoms with Crippen LogP contribution in [0.2, 0.25) is 0 Å². The van der Waals surface area contributed by atoms with E-state index in [1.54, 1.807) is 0 Å². The van der Waals surface area contributed by atoms with E-state index in [4.69, 9.17) is 0 Å². The lowest BCUT2D eigenvalue weighted by Gasteiger charge is -2.13. The first-order valence-electron chi connectivity index (χ1n) is 3.97. The van der Waals surface area contributed by atoms with Crippen LogP contribution in [0.5, 0.6) is 0 Å². The van der Waals surface area contributed by atoms with Gasteiger partial charge in [-0.25, -0.2) is 0 Å². The number of rotatable bonds is 2. The molecule has 1 heteroatoms. The second kappa shape index (κ2) is 3.42. The molecule has 1 N–H and O–H groups in total. The first kappa shape index (κ1) is 8.12. The highest BCUT2D eigenvalue weighted by atomic mass is 14.9. The molecule has 0 bridgehead atoms. The molecular formula is C10H15N. The van der Waals surface area contributed by atoms with Crippen molar-refractivity contribution in [3.8, 4) is 0 Å². The van der Waals surface area contributed by atoms with E-state index >= 15 is 0 Å². The Hall–Kier alpha value is -0.980. The number of hydrogen-bond donors (Lipinski definition) is 1. The molecule has 2 atom stereocenters. The van der Waals surface area contributed by atoms with Crippen LogP contribution in [0.1, 0.15) is 13.8 Å². The summed E-state index contributed by atoms with van der Waals surface area (Å²) in [7, 11) is 0. The van der Waals surface area contributed by atoms with Crippen molar-refractivity contribution in [1.82, 2.24) is 5.32 Å². The van der Waals surface area contributed by atoms with Gasteiger partial charge in [0.1, 0.15) is 0 Å². The third-order valence-corrected chi connectivity index (χ3v) is 2.07. The van der Waals surface area contributed by atoms with Gasteiger partial charge in [0.05, 0.1) is 6.04 Å². The first-order valence-corrected chi connectivity index (χ1v) is 3.97. The first-order chi connectivity index (χ1) is 5.29. The maximum absolute atomic E-state index is 3.78. The van der Waals surface area contributed by atoms with Gasteiger partial charge < -0.3 is 5.32 Å². The molecule has 1 aliphatic heterocycles. The van der Waals surface area contributed by atoms with Crippen LogP contribution in [0, 0.1) is 5.92 Å². The Kier molecular flexibility index (Phi) is 2.53. The molecule has 0 saturated heterocycles. The third kappa shape index (κ3) is 1.53. The van der Waals surface area contributed by atoms with Gasteiger partial charge in [-0.3, -0.25) is 0 Å². The summed E-state index contributed by atoms with van der Waals surface area (Å²) in [6, 6.07) is 0.395. The molecule has 0 amide bonds. The maximum atomic E-state index is 3.78. The molecule has 0 aromatic heterocycles. The van der Waals surface area contributed by atoms with Crippen molar-refractivity contribution in [2.75, 3.05) is 0 Å². The summed E-state index contributed by atoms with van der Waals surface area (Å²) in [5.74, 6) is 0.512. The SMILES string of the molecule is C=CC1NC=C(C)C1/C=C\C. The summed E-state index contributed by atoms with van der Waals surface area (Å²) in [4.78, 5) is 0. The Balaban J connectivity index is 2.71. The molecule has 0 aliphatic carbocycles. The van der Waals surface area contributed by atoms with Crippen molar-refractivity contribution >= 4 is 0 Å². The summed E-state index contributed by atoms with van der Waals surface area (Å²) in [6.45, 7) is 7.97. The van der Waals surface area contributed by atoms with Crippen molar-refractivity contribution in [1.29, 1.82) is 0 Å². The van der Waals surface area contributed by atoms with E-state index in [2.05, 4.69) is 37.2 Å². The van der Waals surface area contributed by atoms with E-state index in [1.807, 2.05) is 13.0 Å². The molecule has 1 heterocycles. The quantitative estimate of drug-likeness (QED) is 0.594. The Bertz CT molecular complexity index is 201. The molecule has 0 aromatic carbocycles. The zero-order chi connectivity index (χ0) is 8.27. The minimum absolute atomic E-state index is 0.395. The largest absolute Gasteiger partial charge is 0.384 e. The van der Waals surface area contributed by atoms with E-state index in [1.165, 1.54) is 5.57 Å². The normalized spacial score (nSPS) is 30.2. The van der Waals surface area contributed by atoms with Gasteiger partial charge in [0, 0.05) is 5.92 Å². The molecule has 1 aliphatic rings. The summed E-state index contributed by atoms with van der Waals surface area (Å²) in [6.07, 6.45) is 8.32. The van der Waals surface area contributed by atoms with Crippen LogP contribution < -0.4 is 5.32 Å².